The minimum atomic E-state index is -0.152. The minimum Gasteiger partial charge on any atom is -0.293 e. The fourth-order valence-corrected chi connectivity index (χ4v) is 1.68. The number of halogens is 2. The van der Waals surface area contributed by atoms with Crippen LogP contribution in [-0.4, -0.2) is 20.5 Å². The Hall–Kier alpha value is -1.39. The largest absolute Gasteiger partial charge is 0.293 e. The summed E-state index contributed by atoms with van der Waals surface area (Å²) in [5, 5.41) is 4.61. The molecule has 16 heavy (non-hydrogen) atoms. The van der Waals surface area contributed by atoms with Crippen LogP contribution in [0.15, 0.2) is 24.4 Å². The second-order valence-electron chi connectivity index (χ2n) is 3.13. The lowest BCUT2D eigenvalue weighted by Crippen LogP contribution is -2.08. The number of nitrogens with zero attached hydrogens (tertiary/aromatic N) is 3. The third-order valence-electron chi connectivity index (χ3n) is 1.98. The summed E-state index contributed by atoms with van der Waals surface area (Å²) in [6, 6.07) is 4.85. The van der Waals surface area contributed by atoms with Crippen molar-refractivity contribution in [3.63, 3.8) is 0 Å². The van der Waals surface area contributed by atoms with Gasteiger partial charge in [-0.15, -0.1) is 0 Å². The molecule has 6 heteroatoms. The molecule has 0 bridgehead atoms. The molecule has 0 atom stereocenters. The normalized spacial score (nSPS) is 10.4. The second kappa shape index (κ2) is 4.23. The van der Waals surface area contributed by atoms with Gasteiger partial charge in [0.2, 0.25) is 0 Å². The van der Waals surface area contributed by atoms with Crippen LogP contribution in [0.25, 0.3) is 5.82 Å². The van der Waals surface area contributed by atoms with E-state index in [1.165, 1.54) is 17.7 Å². The van der Waals surface area contributed by atoms with Crippen LogP contribution in [0.5, 0.6) is 0 Å². The van der Waals surface area contributed by atoms with E-state index in [-0.39, 0.29) is 10.9 Å². The summed E-state index contributed by atoms with van der Waals surface area (Å²) in [6.45, 7) is 1.43. The zero-order valence-corrected chi connectivity index (χ0v) is 9.83. The minimum absolute atomic E-state index is 0.152. The lowest BCUT2D eigenvalue weighted by Gasteiger charge is -2.04. The summed E-state index contributed by atoms with van der Waals surface area (Å²) in [7, 11) is 0. The van der Waals surface area contributed by atoms with Crippen molar-refractivity contribution in [2.75, 3.05) is 0 Å². The van der Waals surface area contributed by atoms with Crippen molar-refractivity contribution in [2.45, 2.75) is 6.92 Å². The van der Waals surface area contributed by atoms with Crippen LogP contribution in [0.1, 0.15) is 17.4 Å². The van der Waals surface area contributed by atoms with Gasteiger partial charge in [0.15, 0.2) is 16.8 Å². The fraction of sp³-hybridized carbons (Fsp3) is 0.100. The molecule has 82 valence electrons. The van der Waals surface area contributed by atoms with E-state index >= 15 is 0 Å². The van der Waals surface area contributed by atoms with Gasteiger partial charge in [-0.2, -0.15) is 5.10 Å². The third kappa shape index (κ3) is 1.94. The van der Waals surface area contributed by atoms with E-state index in [0.29, 0.717) is 16.5 Å². The van der Waals surface area contributed by atoms with E-state index in [4.69, 9.17) is 23.2 Å². The Morgan fingerprint density at radius 2 is 2.19 bits per heavy atom. The third-order valence-corrected chi connectivity index (χ3v) is 2.46. The molecule has 0 aliphatic rings. The molecule has 0 N–H and O–H groups in total. The topological polar surface area (TPSA) is 47.8 Å². The number of hydrogen-bond donors (Lipinski definition) is 0. The quantitative estimate of drug-likeness (QED) is 0.776. The predicted molar refractivity (Wildman–Crippen MR) is 61.4 cm³/mol. The SMILES string of the molecule is CC(=O)c1cc(Cl)nn1-c1ncccc1Cl. The average Bonchev–Trinajstić information content (AvgIpc) is 2.61. The standard InChI is InChI=1S/C10H7Cl2N3O/c1-6(16)8-5-9(12)14-15(8)10-7(11)3-2-4-13-10/h2-5H,1H3. The smallest absolute Gasteiger partial charge is 0.178 e. The molecule has 2 rings (SSSR count). The van der Waals surface area contributed by atoms with Crippen LogP contribution < -0.4 is 0 Å². The summed E-state index contributed by atoms with van der Waals surface area (Å²) >= 11 is 11.7. The Morgan fingerprint density at radius 1 is 1.44 bits per heavy atom. The van der Waals surface area contributed by atoms with Crippen LogP contribution in [0.2, 0.25) is 10.2 Å². The number of carbonyl (C=O) groups excluding carboxylic acids is 1. The highest BCUT2D eigenvalue weighted by Gasteiger charge is 2.15. The summed E-state index contributed by atoms with van der Waals surface area (Å²) in [4.78, 5) is 15.4. The number of pyridine rings is 1. The Bertz CT molecular complexity index is 551. The molecule has 2 aromatic rings. The van der Waals surface area contributed by atoms with E-state index in [1.807, 2.05) is 0 Å². The van der Waals surface area contributed by atoms with Crippen LogP contribution >= 0.6 is 23.2 Å². The van der Waals surface area contributed by atoms with Crippen molar-refractivity contribution in [1.82, 2.24) is 14.8 Å². The Balaban J connectivity index is 2.64. The number of Topliss-reactive ketones (excluding diaryl/α,β-unsaturated/α-hetero) is 1. The van der Waals surface area contributed by atoms with Gasteiger partial charge in [-0.1, -0.05) is 23.2 Å². The van der Waals surface area contributed by atoms with Gasteiger partial charge in [-0.25, -0.2) is 9.67 Å². The average molecular weight is 256 g/mol. The van der Waals surface area contributed by atoms with Gasteiger partial charge in [0.1, 0.15) is 5.69 Å². The van der Waals surface area contributed by atoms with Crippen molar-refractivity contribution in [2.24, 2.45) is 0 Å². The summed E-state index contributed by atoms with van der Waals surface area (Å²) in [5.74, 6) is 0.238. The number of aromatic nitrogens is 3. The molecule has 0 saturated heterocycles. The predicted octanol–water partition coefficient (Wildman–Crippen LogP) is 2.78. The van der Waals surface area contributed by atoms with E-state index in [9.17, 15) is 4.79 Å². The summed E-state index contributed by atoms with van der Waals surface area (Å²) < 4.78 is 1.34. The van der Waals surface area contributed by atoms with Crippen molar-refractivity contribution < 1.29 is 4.79 Å². The lowest BCUT2D eigenvalue weighted by molar-refractivity contribution is 0.101. The van der Waals surface area contributed by atoms with Crippen molar-refractivity contribution in [3.05, 3.63) is 40.3 Å². The maximum absolute atomic E-state index is 11.4. The van der Waals surface area contributed by atoms with Gasteiger partial charge in [0.25, 0.3) is 0 Å². The van der Waals surface area contributed by atoms with E-state index < -0.39 is 0 Å². The highest BCUT2D eigenvalue weighted by Crippen LogP contribution is 2.20. The van der Waals surface area contributed by atoms with Crippen molar-refractivity contribution >= 4 is 29.0 Å². The Labute approximate surface area is 102 Å². The van der Waals surface area contributed by atoms with Gasteiger partial charge in [-0.05, 0) is 12.1 Å². The number of carbonyl (C=O) groups is 1. The van der Waals surface area contributed by atoms with Gasteiger partial charge in [0, 0.05) is 19.2 Å². The first-order valence-electron chi connectivity index (χ1n) is 4.47. The highest BCUT2D eigenvalue weighted by molar-refractivity contribution is 6.32. The first kappa shape index (κ1) is 11.1. The number of hydrogen-bond acceptors (Lipinski definition) is 3. The van der Waals surface area contributed by atoms with Gasteiger partial charge >= 0.3 is 0 Å². The van der Waals surface area contributed by atoms with Gasteiger partial charge in [0.05, 0.1) is 5.02 Å². The Kier molecular flexibility index (Phi) is 2.94. The number of ketones is 1. The zero-order chi connectivity index (χ0) is 11.7. The molecule has 0 unspecified atom stereocenters. The molecule has 0 aromatic carbocycles. The second-order valence-corrected chi connectivity index (χ2v) is 3.92. The summed E-state index contributed by atoms with van der Waals surface area (Å²) in [5.41, 5.74) is 0.352. The van der Waals surface area contributed by atoms with E-state index in [1.54, 1.807) is 18.3 Å². The number of rotatable bonds is 2. The lowest BCUT2D eigenvalue weighted by atomic mass is 10.3. The molecule has 2 heterocycles. The first-order chi connectivity index (χ1) is 7.59. The molecular formula is C10H7Cl2N3O. The maximum Gasteiger partial charge on any atom is 0.178 e. The van der Waals surface area contributed by atoms with Crippen molar-refractivity contribution in [3.8, 4) is 5.82 Å². The van der Waals surface area contributed by atoms with E-state index in [2.05, 4.69) is 10.1 Å². The molecular weight excluding hydrogens is 249 g/mol. The van der Waals surface area contributed by atoms with Crippen molar-refractivity contribution in [1.29, 1.82) is 0 Å². The highest BCUT2D eigenvalue weighted by atomic mass is 35.5. The van der Waals surface area contributed by atoms with Gasteiger partial charge < -0.3 is 0 Å². The van der Waals surface area contributed by atoms with Crippen LogP contribution in [0, 0.1) is 0 Å². The summed E-state index contributed by atoms with van der Waals surface area (Å²) in [6.07, 6.45) is 1.57. The monoisotopic (exact) mass is 255 g/mol. The van der Waals surface area contributed by atoms with E-state index in [0.717, 1.165) is 0 Å². The molecule has 4 nitrogen and oxygen atoms in total. The van der Waals surface area contributed by atoms with Crippen LogP contribution in [-0.2, 0) is 0 Å². The fourth-order valence-electron chi connectivity index (χ4n) is 1.30. The van der Waals surface area contributed by atoms with Crippen LogP contribution in [0.3, 0.4) is 0 Å². The molecule has 0 radical (unpaired) electrons. The molecule has 0 aliphatic heterocycles. The van der Waals surface area contributed by atoms with Gasteiger partial charge in [-0.3, -0.25) is 4.79 Å². The molecule has 0 amide bonds. The molecule has 2 aromatic heterocycles. The van der Waals surface area contributed by atoms with Crippen LogP contribution in [0.4, 0.5) is 0 Å². The molecule has 0 fully saturated rings. The first-order valence-corrected chi connectivity index (χ1v) is 5.22. The zero-order valence-electron chi connectivity index (χ0n) is 8.32. The molecule has 0 saturated carbocycles. The molecule has 0 spiro atoms. The molecule has 0 aliphatic carbocycles. The Morgan fingerprint density at radius 3 is 2.81 bits per heavy atom. The maximum atomic E-state index is 11.4.